The lowest BCUT2D eigenvalue weighted by Gasteiger charge is -2.56. The van der Waals surface area contributed by atoms with Crippen molar-refractivity contribution in [2.24, 2.45) is 29.1 Å². The van der Waals surface area contributed by atoms with Gasteiger partial charge in [0.15, 0.2) is 0 Å². The van der Waals surface area contributed by atoms with Gasteiger partial charge in [0.1, 0.15) is 0 Å². The molecular weight excluding hydrogens is 424 g/mol. The second-order valence-corrected chi connectivity index (χ2v) is 10.7. The Balaban J connectivity index is 1.42. The predicted octanol–water partition coefficient (Wildman–Crippen LogP) is 4.56. The number of hydrogen-bond donors (Lipinski definition) is 3. The van der Waals surface area contributed by atoms with Crippen LogP contribution in [0.4, 0.5) is 0 Å². The van der Waals surface area contributed by atoms with Crippen LogP contribution in [0.5, 0.6) is 0 Å². The number of amides is 2. The third kappa shape index (κ3) is 5.05. The Bertz CT molecular complexity index is 979. The topological polar surface area (TPSA) is 78.4 Å². The lowest BCUT2D eigenvalue weighted by Crippen LogP contribution is -2.58. The highest BCUT2D eigenvalue weighted by Crippen LogP contribution is 2.55. The third-order valence-corrected chi connectivity index (χ3v) is 8.61. The van der Waals surface area contributed by atoms with E-state index in [1.165, 1.54) is 0 Å². The lowest BCUT2D eigenvalue weighted by molar-refractivity contribution is -0.142. The lowest BCUT2D eigenvalue weighted by atomic mass is 9.51. The predicted molar refractivity (Wildman–Crippen MR) is 134 cm³/mol. The van der Waals surface area contributed by atoms with Gasteiger partial charge in [-0.2, -0.15) is 0 Å². The Hall–Kier alpha value is -2.66. The molecule has 0 unspecified atom stereocenters. The monoisotopic (exact) mass is 462 g/mol. The van der Waals surface area contributed by atoms with E-state index in [0.717, 1.165) is 31.2 Å². The Morgan fingerprint density at radius 1 is 1.03 bits per heavy atom. The quantitative estimate of drug-likeness (QED) is 0.589. The van der Waals surface area contributed by atoms with Crippen LogP contribution in [0.15, 0.2) is 60.7 Å². The van der Waals surface area contributed by atoms with Crippen LogP contribution in [0.25, 0.3) is 0 Å². The van der Waals surface area contributed by atoms with Gasteiger partial charge >= 0.3 is 0 Å². The van der Waals surface area contributed by atoms with E-state index in [1.807, 2.05) is 67.6 Å². The summed E-state index contributed by atoms with van der Waals surface area (Å²) in [5, 5.41) is 17.9. The molecule has 0 spiro atoms. The normalized spacial score (nSPS) is 31.7. The van der Waals surface area contributed by atoms with E-state index in [-0.39, 0.29) is 46.9 Å². The molecule has 182 valence electrons. The summed E-state index contributed by atoms with van der Waals surface area (Å²) in [5.74, 6) is -0.241. The molecule has 0 aromatic heterocycles. The van der Waals surface area contributed by atoms with E-state index < -0.39 is 6.10 Å². The van der Waals surface area contributed by atoms with E-state index in [9.17, 15) is 14.7 Å². The van der Waals surface area contributed by atoms with Crippen molar-refractivity contribution in [3.05, 3.63) is 71.8 Å². The van der Waals surface area contributed by atoms with Crippen LogP contribution in [0.2, 0.25) is 0 Å². The zero-order valence-electron chi connectivity index (χ0n) is 20.5. The van der Waals surface area contributed by atoms with E-state index >= 15 is 0 Å². The van der Waals surface area contributed by atoms with Gasteiger partial charge < -0.3 is 15.7 Å². The highest BCUT2D eigenvalue weighted by molar-refractivity contribution is 5.94. The first kappa shape index (κ1) is 24.5. The molecule has 7 atom stereocenters. The van der Waals surface area contributed by atoms with Gasteiger partial charge in [0.2, 0.25) is 5.91 Å². The second-order valence-electron chi connectivity index (χ2n) is 10.7. The molecule has 0 bridgehead atoms. The molecule has 0 radical (unpaired) electrons. The smallest absolute Gasteiger partial charge is 0.251 e. The molecular formula is C29H38N2O3. The van der Waals surface area contributed by atoms with Crippen molar-refractivity contribution in [1.82, 2.24) is 10.6 Å². The van der Waals surface area contributed by atoms with Crippen molar-refractivity contribution in [2.45, 2.75) is 65.1 Å². The van der Waals surface area contributed by atoms with Gasteiger partial charge in [0.05, 0.1) is 6.10 Å². The van der Waals surface area contributed by atoms with Gasteiger partial charge in [-0.25, -0.2) is 0 Å². The van der Waals surface area contributed by atoms with Crippen LogP contribution in [0.3, 0.4) is 0 Å². The summed E-state index contributed by atoms with van der Waals surface area (Å²) in [4.78, 5) is 25.8. The van der Waals surface area contributed by atoms with Gasteiger partial charge in [0, 0.05) is 24.1 Å². The summed E-state index contributed by atoms with van der Waals surface area (Å²) < 4.78 is 0. The largest absolute Gasteiger partial charge is 0.392 e. The van der Waals surface area contributed by atoms with Crippen LogP contribution < -0.4 is 10.6 Å². The average Bonchev–Trinajstić information content (AvgIpc) is 2.85. The summed E-state index contributed by atoms with van der Waals surface area (Å²) in [6, 6.07) is 19.2. The zero-order valence-corrected chi connectivity index (χ0v) is 20.5. The van der Waals surface area contributed by atoms with Crippen molar-refractivity contribution in [3.8, 4) is 0 Å². The van der Waals surface area contributed by atoms with Crippen LogP contribution in [0.1, 0.15) is 62.4 Å². The second kappa shape index (κ2) is 10.3. The minimum Gasteiger partial charge on any atom is -0.392 e. The van der Waals surface area contributed by atoms with E-state index in [4.69, 9.17) is 0 Å². The molecule has 4 rings (SSSR count). The summed E-state index contributed by atoms with van der Waals surface area (Å²) in [6.45, 7) is 6.88. The maximum absolute atomic E-state index is 13.0. The van der Waals surface area contributed by atoms with Crippen molar-refractivity contribution >= 4 is 11.8 Å². The first-order valence-electron chi connectivity index (χ1n) is 12.7. The first-order chi connectivity index (χ1) is 16.3. The van der Waals surface area contributed by atoms with Gasteiger partial charge in [0.25, 0.3) is 5.91 Å². The SMILES string of the molecule is C[C@@H]1[C@@H]2[C@@H](O)[C@@H]([C@H](C)C(=O)NCc3ccccc3)CC[C@]2(C)CC[C@@H]1NC(=O)c1ccccc1. The fourth-order valence-electron chi connectivity index (χ4n) is 6.48. The molecule has 2 saturated carbocycles. The van der Waals surface area contributed by atoms with Crippen molar-refractivity contribution in [3.63, 3.8) is 0 Å². The maximum Gasteiger partial charge on any atom is 0.251 e. The number of benzene rings is 2. The number of carbonyl (C=O) groups is 2. The molecule has 2 aliphatic carbocycles. The maximum atomic E-state index is 13.0. The molecule has 2 aromatic carbocycles. The Kier molecular flexibility index (Phi) is 7.42. The number of carbonyl (C=O) groups excluding carboxylic acids is 2. The minimum absolute atomic E-state index is 0.00565. The summed E-state index contributed by atoms with van der Waals surface area (Å²) in [6.07, 6.45) is 3.17. The molecule has 2 aromatic rings. The van der Waals surface area contributed by atoms with Crippen molar-refractivity contribution in [1.29, 1.82) is 0 Å². The molecule has 2 amide bonds. The summed E-state index contributed by atoms with van der Waals surface area (Å²) in [7, 11) is 0. The van der Waals surface area contributed by atoms with Crippen LogP contribution in [0, 0.1) is 29.1 Å². The van der Waals surface area contributed by atoms with Crippen LogP contribution in [-0.2, 0) is 11.3 Å². The van der Waals surface area contributed by atoms with Crippen LogP contribution >= 0.6 is 0 Å². The highest BCUT2D eigenvalue weighted by atomic mass is 16.3. The molecule has 0 aliphatic heterocycles. The number of rotatable bonds is 6. The highest BCUT2D eigenvalue weighted by Gasteiger charge is 2.53. The Morgan fingerprint density at radius 3 is 2.32 bits per heavy atom. The van der Waals surface area contributed by atoms with Gasteiger partial charge in [-0.1, -0.05) is 69.3 Å². The fourth-order valence-corrected chi connectivity index (χ4v) is 6.48. The third-order valence-electron chi connectivity index (χ3n) is 8.61. The number of aliphatic hydroxyl groups excluding tert-OH is 1. The minimum atomic E-state index is -0.567. The number of nitrogens with one attached hydrogen (secondary N) is 2. The number of aliphatic hydroxyl groups is 1. The molecule has 0 heterocycles. The van der Waals surface area contributed by atoms with Gasteiger partial charge in [-0.3, -0.25) is 9.59 Å². The number of hydrogen-bond acceptors (Lipinski definition) is 3. The zero-order chi connectivity index (χ0) is 24.3. The van der Waals surface area contributed by atoms with Crippen molar-refractivity contribution in [2.75, 3.05) is 0 Å². The standard InChI is InChI=1S/C29H38N2O3/c1-19(27(33)30-18-21-10-6-4-7-11-21)23-14-16-29(3)17-15-24(20(2)25(29)26(23)32)31-28(34)22-12-8-5-9-13-22/h4-13,19-20,23-26,32H,14-18H2,1-3H3,(H,30,33)(H,31,34)/t19-,20-,23+,24-,25+,26-,29+/m0/s1. The summed E-state index contributed by atoms with van der Waals surface area (Å²) >= 11 is 0. The van der Waals surface area contributed by atoms with Crippen molar-refractivity contribution < 1.29 is 14.7 Å². The Morgan fingerprint density at radius 2 is 1.65 bits per heavy atom. The summed E-state index contributed by atoms with van der Waals surface area (Å²) in [5.41, 5.74) is 1.76. The van der Waals surface area contributed by atoms with Gasteiger partial charge in [-0.05, 0) is 66.5 Å². The van der Waals surface area contributed by atoms with E-state index in [0.29, 0.717) is 12.1 Å². The van der Waals surface area contributed by atoms with Gasteiger partial charge in [-0.15, -0.1) is 0 Å². The molecule has 3 N–H and O–H groups in total. The Labute approximate surface area is 203 Å². The fraction of sp³-hybridized carbons (Fsp3) is 0.517. The molecule has 2 aliphatic rings. The average molecular weight is 463 g/mol. The number of fused-ring (bicyclic) bond motifs is 1. The molecule has 2 fully saturated rings. The molecule has 5 heteroatoms. The van der Waals surface area contributed by atoms with E-state index in [1.54, 1.807) is 0 Å². The molecule has 5 nitrogen and oxygen atoms in total. The molecule has 0 saturated heterocycles. The van der Waals surface area contributed by atoms with E-state index in [2.05, 4.69) is 24.5 Å². The van der Waals surface area contributed by atoms with Crippen LogP contribution in [-0.4, -0.2) is 29.1 Å². The molecule has 34 heavy (non-hydrogen) atoms. The first-order valence-corrected chi connectivity index (χ1v) is 12.7.